The maximum absolute atomic E-state index is 5.57. The lowest BCUT2D eigenvalue weighted by Crippen LogP contribution is -2.48. The second-order valence-corrected chi connectivity index (χ2v) is 4.90. The largest absolute Gasteiger partial charge is 0.349 e. The SMILES string of the molecule is CC1(C)OCC(NCCC2CC2)CO1. The van der Waals surface area contributed by atoms with Gasteiger partial charge in [0.25, 0.3) is 0 Å². The highest BCUT2D eigenvalue weighted by Crippen LogP contribution is 2.31. The zero-order chi connectivity index (χ0) is 10.0. The summed E-state index contributed by atoms with van der Waals surface area (Å²) in [5, 5.41) is 3.48. The van der Waals surface area contributed by atoms with Crippen molar-refractivity contribution >= 4 is 0 Å². The van der Waals surface area contributed by atoms with Gasteiger partial charge in [-0.05, 0) is 32.7 Å². The molecule has 0 amide bonds. The molecule has 14 heavy (non-hydrogen) atoms. The predicted octanol–water partition coefficient (Wildman–Crippen LogP) is 1.53. The van der Waals surface area contributed by atoms with Crippen LogP contribution in [0.15, 0.2) is 0 Å². The molecular weight excluding hydrogens is 178 g/mol. The van der Waals surface area contributed by atoms with Crippen LogP contribution in [0.4, 0.5) is 0 Å². The predicted molar refractivity (Wildman–Crippen MR) is 55.1 cm³/mol. The summed E-state index contributed by atoms with van der Waals surface area (Å²) in [5.41, 5.74) is 0. The quantitative estimate of drug-likeness (QED) is 0.744. The van der Waals surface area contributed by atoms with Crippen molar-refractivity contribution in [3.63, 3.8) is 0 Å². The minimum absolute atomic E-state index is 0.380. The molecule has 0 aromatic carbocycles. The van der Waals surface area contributed by atoms with Gasteiger partial charge in [0, 0.05) is 0 Å². The summed E-state index contributed by atoms with van der Waals surface area (Å²) in [4.78, 5) is 0. The molecule has 0 aromatic rings. The van der Waals surface area contributed by atoms with Crippen LogP contribution < -0.4 is 5.32 Å². The van der Waals surface area contributed by atoms with Crippen LogP contribution in [0.2, 0.25) is 0 Å². The van der Waals surface area contributed by atoms with Crippen molar-refractivity contribution < 1.29 is 9.47 Å². The van der Waals surface area contributed by atoms with Crippen LogP contribution in [-0.2, 0) is 9.47 Å². The van der Waals surface area contributed by atoms with E-state index in [1.807, 2.05) is 13.8 Å². The van der Waals surface area contributed by atoms with Crippen LogP contribution in [0.5, 0.6) is 0 Å². The van der Waals surface area contributed by atoms with Crippen molar-refractivity contribution in [2.45, 2.75) is 44.9 Å². The average Bonchev–Trinajstić information content (AvgIpc) is 2.92. The number of nitrogens with one attached hydrogen (secondary N) is 1. The van der Waals surface area contributed by atoms with E-state index >= 15 is 0 Å². The van der Waals surface area contributed by atoms with Gasteiger partial charge in [0.15, 0.2) is 5.79 Å². The molecule has 0 spiro atoms. The van der Waals surface area contributed by atoms with Crippen LogP contribution in [-0.4, -0.2) is 31.6 Å². The lowest BCUT2D eigenvalue weighted by molar-refractivity contribution is -0.252. The lowest BCUT2D eigenvalue weighted by atomic mass is 10.2. The van der Waals surface area contributed by atoms with Gasteiger partial charge < -0.3 is 14.8 Å². The molecule has 2 rings (SSSR count). The van der Waals surface area contributed by atoms with Gasteiger partial charge in [-0.3, -0.25) is 0 Å². The monoisotopic (exact) mass is 199 g/mol. The standard InChI is InChI=1S/C11H21NO2/c1-11(2)13-7-10(8-14-11)12-6-5-9-3-4-9/h9-10,12H,3-8H2,1-2H3. The number of ether oxygens (including phenoxy) is 2. The Bertz CT molecular complexity index is 180. The Hall–Kier alpha value is -0.120. The first-order valence-electron chi connectivity index (χ1n) is 5.67. The highest BCUT2D eigenvalue weighted by molar-refractivity contribution is 4.77. The molecule has 3 heteroatoms. The summed E-state index contributed by atoms with van der Waals surface area (Å²) in [6.45, 7) is 6.60. The Morgan fingerprint density at radius 2 is 1.86 bits per heavy atom. The Kier molecular flexibility index (Phi) is 3.10. The van der Waals surface area contributed by atoms with Gasteiger partial charge >= 0.3 is 0 Å². The molecule has 1 heterocycles. The van der Waals surface area contributed by atoms with E-state index in [2.05, 4.69) is 5.32 Å². The molecule has 1 aliphatic carbocycles. The molecule has 1 aliphatic heterocycles. The van der Waals surface area contributed by atoms with E-state index < -0.39 is 0 Å². The fourth-order valence-corrected chi connectivity index (χ4v) is 1.71. The molecule has 3 nitrogen and oxygen atoms in total. The maximum Gasteiger partial charge on any atom is 0.162 e. The Balaban J connectivity index is 1.58. The lowest BCUT2D eigenvalue weighted by Gasteiger charge is -2.35. The second-order valence-electron chi connectivity index (χ2n) is 4.90. The first-order valence-corrected chi connectivity index (χ1v) is 5.67. The van der Waals surface area contributed by atoms with Crippen molar-refractivity contribution in [2.75, 3.05) is 19.8 Å². The summed E-state index contributed by atoms with van der Waals surface area (Å²) in [6, 6.07) is 0.391. The summed E-state index contributed by atoms with van der Waals surface area (Å²) in [6.07, 6.45) is 4.19. The average molecular weight is 199 g/mol. The van der Waals surface area contributed by atoms with Crippen molar-refractivity contribution in [3.8, 4) is 0 Å². The third-order valence-electron chi connectivity index (χ3n) is 2.95. The van der Waals surface area contributed by atoms with Crippen molar-refractivity contribution in [3.05, 3.63) is 0 Å². The summed E-state index contributed by atoms with van der Waals surface area (Å²) >= 11 is 0. The van der Waals surface area contributed by atoms with Crippen molar-refractivity contribution in [1.82, 2.24) is 5.32 Å². The molecule has 0 unspecified atom stereocenters. The van der Waals surface area contributed by atoms with E-state index in [-0.39, 0.29) is 5.79 Å². The van der Waals surface area contributed by atoms with Gasteiger partial charge in [-0.2, -0.15) is 0 Å². The first kappa shape index (κ1) is 10.4. The third kappa shape index (κ3) is 3.23. The number of hydrogen-bond acceptors (Lipinski definition) is 3. The highest BCUT2D eigenvalue weighted by atomic mass is 16.7. The van der Waals surface area contributed by atoms with E-state index in [4.69, 9.17) is 9.47 Å². The molecule has 1 saturated heterocycles. The van der Waals surface area contributed by atoms with Gasteiger partial charge in [0.1, 0.15) is 0 Å². The minimum Gasteiger partial charge on any atom is -0.349 e. The van der Waals surface area contributed by atoms with E-state index in [1.165, 1.54) is 19.3 Å². The molecule has 1 N–H and O–H groups in total. The number of rotatable bonds is 4. The highest BCUT2D eigenvalue weighted by Gasteiger charge is 2.28. The van der Waals surface area contributed by atoms with E-state index in [9.17, 15) is 0 Å². The molecule has 0 atom stereocenters. The Morgan fingerprint density at radius 1 is 1.21 bits per heavy atom. The van der Waals surface area contributed by atoms with E-state index in [0.717, 1.165) is 25.7 Å². The maximum atomic E-state index is 5.57. The number of hydrogen-bond donors (Lipinski definition) is 1. The molecule has 0 bridgehead atoms. The summed E-state index contributed by atoms with van der Waals surface area (Å²) in [5.74, 6) is 0.624. The van der Waals surface area contributed by atoms with Crippen molar-refractivity contribution in [1.29, 1.82) is 0 Å². The van der Waals surface area contributed by atoms with Crippen molar-refractivity contribution in [2.24, 2.45) is 5.92 Å². The van der Waals surface area contributed by atoms with Crippen LogP contribution >= 0.6 is 0 Å². The molecule has 1 saturated carbocycles. The van der Waals surface area contributed by atoms with Gasteiger partial charge in [0.05, 0.1) is 19.3 Å². The first-order chi connectivity index (χ1) is 6.66. The molecule has 2 fully saturated rings. The normalized spacial score (nSPS) is 27.9. The van der Waals surface area contributed by atoms with Gasteiger partial charge in [-0.25, -0.2) is 0 Å². The summed E-state index contributed by atoms with van der Waals surface area (Å²) in [7, 11) is 0. The molecule has 2 aliphatic rings. The van der Waals surface area contributed by atoms with E-state index in [1.54, 1.807) is 0 Å². The van der Waals surface area contributed by atoms with Gasteiger partial charge in [-0.15, -0.1) is 0 Å². The Morgan fingerprint density at radius 3 is 2.43 bits per heavy atom. The molecule has 0 aromatic heterocycles. The van der Waals surface area contributed by atoms with Gasteiger partial charge in [-0.1, -0.05) is 12.8 Å². The topological polar surface area (TPSA) is 30.5 Å². The van der Waals surface area contributed by atoms with E-state index in [0.29, 0.717) is 6.04 Å². The minimum atomic E-state index is -0.380. The molecule has 82 valence electrons. The zero-order valence-corrected chi connectivity index (χ0v) is 9.21. The second kappa shape index (κ2) is 4.17. The fourth-order valence-electron chi connectivity index (χ4n) is 1.71. The van der Waals surface area contributed by atoms with Crippen LogP contribution in [0.1, 0.15) is 33.1 Å². The smallest absolute Gasteiger partial charge is 0.162 e. The fraction of sp³-hybridized carbons (Fsp3) is 1.00. The zero-order valence-electron chi connectivity index (χ0n) is 9.21. The van der Waals surface area contributed by atoms with Crippen LogP contribution in [0.3, 0.4) is 0 Å². The van der Waals surface area contributed by atoms with Crippen LogP contribution in [0.25, 0.3) is 0 Å². The summed E-state index contributed by atoms with van der Waals surface area (Å²) < 4.78 is 11.1. The third-order valence-corrected chi connectivity index (χ3v) is 2.95. The molecular formula is C11H21NO2. The Labute approximate surface area is 86.2 Å². The molecule has 0 radical (unpaired) electrons. The van der Waals surface area contributed by atoms with Gasteiger partial charge in [0.2, 0.25) is 0 Å². The van der Waals surface area contributed by atoms with Crippen LogP contribution in [0, 0.1) is 5.92 Å².